The van der Waals surface area contributed by atoms with Gasteiger partial charge in [-0.1, -0.05) is 0 Å². The molecule has 90 valence electrons. The SMILES string of the molecule is CC(=O)Oc1ccc(/C=N/N(C)C(C)=O)cc1. The van der Waals surface area contributed by atoms with Crippen molar-refractivity contribution in [3.63, 3.8) is 0 Å². The second kappa shape index (κ2) is 5.79. The predicted octanol–water partition coefficient (Wildman–Crippen LogP) is 1.42. The Bertz CT molecular complexity index is 438. The highest BCUT2D eigenvalue weighted by Crippen LogP contribution is 2.11. The first-order chi connectivity index (χ1) is 7.99. The first-order valence-corrected chi connectivity index (χ1v) is 5.06. The Hall–Kier alpha value is -2.17. The first-order valence-electron chi connectivity index (χ1n) is 5.06. The summed E-state index contributed by atoms with van der Waals surface area (Å²) in [5.74, 6) is -0.0184. The summed E-state index contributed by atoms with van der Waals surface area (Å²) in [6, 6.07) is 6.82. The van der Waals surface area contributed by atoms with Crippen LogP contribution in [0.1, 0.15) is 19.4 Å². The summed E-state index contributed by atoms with van der Waals surface area (Å²) in [6.07, 6.45) is 1.55. The van der Waals surface area contributed by atoms with Crippen molar-refractivity contribution in [1.82, 2.24) is 5.01 Å². The van der Waals surface area contributed by atoms with Crippen molar-refractivity contribution in [1.29, 1.82) is 0 Å². The summed E-state index contributed by atoms with van der Waals surface area (Å²) in [5.41, 5.74) is 0.814. The fourth-order valence-electron chi connectivity index (χ4n) is 1.02. The van der Waals surface area contributed by atoms with Crippen LogP contribution in [-0.2, 0) is 9.59 Å². The van der Waals surface area contributed by atoms with Crippen LogP contribution in [0.25, 0.3) is 0 Å². The topological polar surface area (TPSA) is 59.0 Å². The van der Waals surface area contributed by atoms with E-state index in [0.717, 1.165) is 5.56 Å². The van der Waals surface area contributed by atoms with Gasteiger partial charge in [0.1, 0.15) is 5.75 Å². The highest BCUT2D eigenvalue weighted by molar-refractivity contribution is 5.82. The van der Waals surface area contributed by atoms with Gasteiger partial charge in [-0.2, -0.15) is 5.10 Å². The average molecular weight is 234 g/mol. The van der Waals surface area contributed by atoms with Gasteiger partial charge in [-0.15, -0.1) is 0 Å². The Morgan fingerprint density at radius 1 is 1.24 bits per heavy atom. The van der Waals surface area contributed by atoms with E-state index in [1.165, 1.54) is 18.9 Å². The van der Waals surface area contributed by atoms with Crippen LogP contribution in [0.5, 0.6) is 5.75 Å². The van der Waals surface area contributed by atoms with Gasteiger partial charge in [-0.3, -0.25) is 9.59 Å². The van der Waals surface area contributed by atoms with Crippen LogP contribution >= 0.6 is 0 Å². The maximum atomic E-state index is 10.9. The molecule has 0 saturated heterocycles. The van der Waals surface area contributed by atoms with E-state index in [-0.39, 0.29) is 11.9 Å². The largest absolute Gasteiger partial charge is 0.427 e. The molecule has 0 heterocycles. The molecule has 0 atom stereocenters. The lowest BCUT2D eigenvalue weighted by molar-refractivity contribution is -0.132. The Kier molecular flexibility index (Phi) is 4.39. The maximum absolute atomic E-state index is 10.9. The van der Waals surface area contributed by atoms with Gasteiger partial charge in [0.25, 0.3) is 0 Å². The minimum atomic E-state index is -0.359. The van der Waals surface area contributed by atoms with Gasteiger partial charge >= 0.3 is 5.97 Å². The number of hydrogen-bond acceptors (Lipinski definition) is 4. The van der Waals surface area contributed by atoms with Crippen LogP contribution in [0.4, 0.5) is 0 Å². The van der Waals surface area contributed by atoms with E-state index in [2.05, 4.69) is 5.10 Å². The second-order valence-electron chi connectivity index (χ2n) is 3.45. The molecule has 0 unspecified atom stereocenters. The van der Waals surface area contributed by atoms with Crippen molar-refractivity contribution in [2.75, 3.05) is 7.05 Å². The van der Waals surface area contributed by atoms with Crippen molar-refractivity contribution in [3.05, 3.63) is 29.8 Å². The van der Waals surface area contributed by atoms with E-state index in [1.54, 1.807) is 37.5 Å². The molecule has 0 radical (unpaired) electrons. The zero-order valence-electron chi connectivity index (χ0n) is 10.0. The van der Waals surface area contributed by atoms with Crippen LogP contribution in [0.2, 0.25) is 0 Å². The van der Waals surface area contributed by atoms with E-state index in [1.807, 2.05) is 0 Å². The number of benzene rings is 1. The van der Waals surface area contributed by atoms with Crippen molar-refractivity contribution in [2.24, 2.45) is 5.10 Å². The summed E-state index contributed by atoms with van der Waals surface area (Å²) in [5, 5.41) is 5.17. The third-order valence-electron chi connectivity index (χ3n) is 1.98. The van der Waals surface area contributed by atoms with Gasteiger partial charge in [-0.05, 0) is 29.8 Å². The van der Waals surface area contributed by atoms with E-state index in [9.17, 15) is 9.59 Å². The van der Waals surface area contributed by atoms with Crippen molar-refractivity contribution < 1.29 is 14.3 Å². The monoisotopic (exact) mass is 234 g/mol. The summed E-state index contributed by atoms with van der Waals surface area (Å²) >= 11 is 0. The Morgan fingerprint density at radius 3 is 2.29 bits per heavy atom. The molecule has 0 aromatic heterocycles. The van der Waals surface area contributed by atoms with Gasteiger partial charge in [0.15, 0.2) is 0 Å². The highest BCUT2D eigenvalue weighted by atomic mass is 16.5. The molecule has 0 spiro atoms. The number of hydrazone groups is 1. The normalized spacial score (nSPS) is 10.3. The summed E-state index contributed by atoms with van der Waals surface area (Å²) in [6.45, 7) is 2.78. The quantitative estimate of drug-likeness (QED) is 0.344. The summed E-state index contributed by atoms with van der Waals surface area (Å²) < 4.78 is 4.89. The van der Waals surface area contributed by atoms with E-state index >= 15 is 0 Å². The molecule has 5 heteroatoms. The molecule has 1 aromatic rings. The highest BCUT2D eigenvalue weighted by Gasteiger charge is 1.99. The number of hydrogen-bond donors (Lipinski definition) is 0. The number of ether oxygens (including phenoxy) is 1. The zero-order chi connectivity index (χ0) is 12.8. The number of carbonyl (C=O) groups excluding carboxylic acids is 2. The second-order valence-corrected chi connectivity index (χ2v) is 3.45. The van der Waals surface area contributed by atoms with Gasteiger partial charge in [0.2, 0.25) is 5.91 Å². The van der Waals surface area contributed by atoms with Crippen LogP contribution < -0.4 is 4.74 Å². The number of rotatable bonds is 3. The molecule has 1 rings (SSSR count). The number of amides is 1. The van der Waals surface area contributed by atoms with Crippen LogP contribution in [0.3, 0.4) is 0 Å². The van der Waals surface area contributed by atoms with Gasteiger partial charge in [0, 0.05) is 20.9 Å². The molecule has 1 amide bonds. The number of esters is 1. The van der Waals surface area contributed by atoms with Gasteiger partial charge < -0.3 is 4.74 Å². The van der Waals surface area contributed by atoms with Crippen LogP contribution in [0, 0.1) is 0 Å². The minimum Gasteiger partial charge on any atom is -0.427 e. The molecule has 0 aliphatic heterocycles. The molecule has 0 aliphatic carbocycles. The van der Waals surface area contributed by atoms with Gasteiger partial charge in [-0.25, -0.2) is 5.01 Å². The molecule has 0 fully saturated rings. The van der Waals surface area contributed by atoms with Gasteiger partial charge in [0.05, 0.1) is 6.21 Å². The van der Waals surface area contributed by atoms with Crippen molar-refractivity contribution >= 4 is 18.1 Å². The smallest absolute Gasteiger partial charge is 0.308 e. The Morgan fingerprint density at radius 2 is 1.82 bits per heavy atom. The standard InChI is InChI=1S/C12H14N2O3/c1-9(15)14(3)13-8-11-4-6-12(7-5-11)17-10(2)16/h4-8H,1-3H3/b13-8+. The number of nitrogens with zero attached hydrogens (tertiary/aromatic N) is 2. The molecule has 17 heavy (non-hydrogen) atoms. The molecule has 0 N–H and O–H groups in total. The van der Waals surface area contributed by atoms with Crippen molar-refractivity contribution in [2.45, 2.75) is 13.8 Å². The fraction of sp³-hybridized carbons (Fsp3) is 0.250. The minimum absolute atomic E-state index is 0.141. The third-order valence-corrected chi connectivity index (χ3v) is 1.98. The summed E-state index contributed by atoms with van der Waals surface area (Å²) in [7, 11) is 1.58. The van der Waals surface area contributed by atoms with Crippen LogP contribution in [-0.4, -0.2) is 30.1 Å². The molecule has 0 saturated carbocycles. The lowest BCUT2D eigenvalue weighted by atomic mass is 10.2. The Balaban J connectivity index is 2.68. The molecule has 0 aliphatic rings. The lowest BCUT2D eigenvalue weighted by Gasteiger charge is -2.06. The molecular formula is C12H14N2O3. The Labute approximate surface area is 99.7 Å². The molecular weight excluding hydrogens is 220 g/mol. The zero-order valence-corrected chi connectivity index (χ0v) is 10.0. The summed E-state index contributed by atoms with van der Waals surface area (Å²) in [4.78, 5) is 21.6. The lowest BCUT2D eigenvalue weighted by Crippen LogP contribution is -2.17. The molecule has 5 nitrogen and oxygen atoms in total. The molecule has 1 aromatic carbocycles. The third kappa shape index (κ3) is 4.46. The van der Waals surface area contributed by atoms with E-state index < -0.39 is 0 Å². The average Bonchev–Trinajstić information content (AvgIpc) is 2.26. The van der Waals surface area contributed by atoms with E-state index in [0.29, 0.717) is 5.75 Å². The van der Waals surface area contributed by atoms with Crippen molar-refractivity contribution in [3.8, 4) is 5.75 Å². The van der Waals surface area contributed by atoms with Crippen LogP contribution in [0.15, 0.2) is 29.4 Å². The van der Waals surface area contributed by atoms with E-state index in [4.69, 9.17) is 4.74 Å². The first kappa shape index (κ1) is 12.9. The predicted molar refractivity (Wildman–Crippen MR) is 63.8 cm³/mol. The molecule has 0 bridgehead atoms. The fourth-order valence-corrected chi connectivity index (χ4v) is 1.02. The maximum Gasteiger partial charge on any atom is 0.308 e. The number of carbonyl (C=O) groups is 2.